The molecule has 0 bridgehead atoms. The Bertz CT molecular complexity index is 1510. The van der Waals surface area contributed by atoms with Crippen LogP contribution < -0.4 is 5.32 Å². The van der Waals surface area contributed by atoms with Gasteiger partial charge in [-0.05, 0) is 61.7 Å². The maximum absolute atomic E-state index is 13.2. The van der Waals surface area contributed by atoms with E-state index < -0.39 is 0 Å². The molecule has 0 aliphatic heterocycles. The summed E-state index contributed by atoms with van der Waals surface area (Å²) in [5.41, 5.74) is 6.17. The van der Waals surface area contributed by atoms with Gasteiger partial charge in [0.2, 0.25) is 0 Å². The minimum absolute atomic E-state index is 0.173. The van der Waals surface area contributed by atoms with Gasteiger partial charge < -0.3 is 9.73 Å². The van der Waals surface area contributed by atoms with Crippen LogP contribution in [0.1, 0.15) is 52.9 Å². The van der Waals surface area contributed by atoms with Crippen LogP contribution in [0.2, 0.25) is 0 Å². The Kier molecular flexibility index (Phi) is 5.95. The normalized spacial score (nSPS) is 11.3. The molecule has 3 heterocycles. The van der Waals surface area contributed by atoms with Crippen LogP contribution in [0, 0.1) is 13.8 Å². The fourth-order valence-electron chi connectivity index (χ4n) is 4.27. The minimum Gasteiger partial charge on any atom is -0.465 e. The third kappa shape index (κ3) is 4.47. The predicted octanol–water partition coefficient (Wildman–Crippen LogP) is 6.35. The second-order valence-electron chi connectivity index (χ2n) is 9.07. The number of aryl methyl sites for hydroxylation is 1. The molecule has 1 amide bonds. The Hall–Kier alpha value is -4.19. The van der Waals surface area contributed by atoms with Crippen LogP contribution >= 0.6 is 0 Å². The first kappa shape index (κ1) is 22.6. The summed E-state index contributed by atoms with van der Waals surface area (Å²) in [6.07, 6.45) is 1.82. The highest BCUT2D eigenvalue weighted by Gasteiger charge is 2.17. The number of carbonyl (C=O) groups excluding carboxylic acids is 1. The smallest absolute Gasteiger partial charge is 0.252 e. The highest BCUT2D eigenvalue weighted by Crippen LogP contribution is 2.28. The van der Waals surface area contributed by atoms with E-state index in [9.17, 15) is 4.79 Å². The van der Waals surface area contributed by atoms with Gasteiger partial charge in [-0.25, -0.2) is 9.67 Å². The molecule has 3 aromatic heterocycles. The Labute approximate surface area is 204 Å². The molecule has 0 fully saturated rings. The second-order valence-corrected chi connectivity index (χ2v) is 9.07. The number of hydrogen-bond acceptors (Lipinski definition) is 4. The molecule has 0 aliphatic carbocycles. The average molecular weight is 465 g/mol. The Morgan fingerprint density at radius 2 is 1.80 bits per heavy atom. The number of aromatic nitrogens is 3. The first-order chi connectivity index (χ1) is 16.9. The van der Waals surface area contributed by atoms with Crippen LogP contribution in [0.5, 0.6) is 0 Å². The zero-order chi connectivity index (χ0) is 24.5. The molecule has 0 aliphatic rings. The molecule has 6 nitrogen and oxygen atoms in total. The molecule has 6 heteroatoms. The number of pyridine rings is 1. The van der Waals surface area contributed by atoms with Gasteiger partial charge in [-0.15, -0.1) is 0 Å². The number of furan rings is 1. The molecule has 0 saturated heterocycles. The summed E-state index contributed by atoms with van der Waals surface area (Å²) in [6, 6.07) is 21.7. The van der Waals surface area contributed by atoms with Crippen LogP contribution in [0.15, 0.2) is 77.3 Å². The number of nitrogens with one attached hydrogen (secondary N) is 1. The van der Waals surface area contributed by atoms with E-state index in [4.69, 9.17) is 9.40 Å². The van der Waals surface area contributed by atoms with Crippen molar-refractivity contribution in [3.05, 3.63) is 101 Å². The summed E-state index contributed by atoms with van der Waals surface area (Å²) in [6.45, 7) is 8.59. The van der Waals surface area contributed by atoms with Crippen molar-refractivity contribution in [1.29, 1.82) is 0 Å². The number of amides is 1. The number of carbonyl (C=O) groups is 1. The standard InChI is InChI=1S/C29H28N4O2/c1-18(2)21-10-12-22(13-11-21)33-20(4)26(17-31-33)28-15-25(24-7-5-6-8-27(24)32-28)29(34)30-16-23-14-9-19(3)35-23/h5-15,17-18H,16H2,1-4H3,(H,30,34). The summed E-state index contributed by atoms with van der Waals surface area (Å²) in [7, 11) is 0. The number of hydrogen-bond donors (Lipinski definition) is 1. The van der Waals surface area contributed by atoms with Crippen molar-refractivity contribution < 1.29 is 9.21 Å². The predicted molar refractivity (Wildman–Crippen MR) is 138 cm³/mol. The fourth-order valence-corrected chi connectivity index (χ4v) is 4.27. The molecule has 0 saturated carbocycles. The summed E-state index contributed by atoms with van der Waals surface area (Å²) in [4.78, 5) is 18.1. The molecule has 5 aromatic rings. The van der Waals surface area contributed by atoms with E-state index in [1.54, 1.807) is 0 Å². The largest absolute Gasteiger partial charge is 0.465 e. The maximum Gasteiger partial charge on any atom is 0.252 e. The highest BCUT2D eigenvalue weighted by molar-refractivity contribution is 6.07. The quantitative estimate of drug-likeness (QED) is 0.318. The zero-order valence-corrected chi connectivity index (χ0v) is 20.4. The molecule has 5 rings (SSSR count). The number of nitrogens with zero attached hydrogens (tertiary/aromatic N) is 3. The minimum atomic E-state index is -0.173. The van der Waals surface area contributed by atoms with Crippen molar-refractivity contribution in [1.82, 2.24) is 20.1 Å². The van der Waals surface area contributed by atoms with Crippen LogP contribution in [-0.2, 0) is 6.54 Å². The average Bonchev–Trinajstić information content (AvgIpc) is 3.46. The number of benzene rings is 2. The van der Waals surface area contributed by atoms with E-state index in [1.165, 1.54) is 5.56 Å². The van der Waals surface area contributed by atoms with Crippen molar-refractivity contribution in [2.75, 3.05) is 0 Å². The lowest BCUT2D eigenvalue weighted by atomic mass is 10.0. The van der Waals surface area contributed by atoms with Crippen molar-refractivity contribution in [2.24, 2.45) is 0 Å². The molecule has 0 radical (unpaired) electrons. The molecular weight excluding hydrogens is 436 g/mol. The Morgan fingerprint density at radius 1 is 1.03 bits per heavy atom. The molecule has 2 aromatic carbocycles. The van der Waals surface area contributed by atoms with Gasteiger partial charge in [-0.2, -0.15) is 5.10 Å². The second kappa shape index (κ2) is 9.22. The maximum atomic E-state index is 13.2. The highest BCUT2D eigenvalue weighted by atomic mass is 16.3. The molecule has 35 heavy (non-hydrogen) atoms. The summed E-state index contributed by atoms with van der Waals surface area (Å²) >= 11 is 0. The van der Waals surface area contributed by atoms with Crippen LogP contribution in [-0.4, -0.2) is 20.7 Å². The number of fused-ring (bicyclic) bond motifs is 1. The van der Waals surface area contributed by atoms with Gasteiger partial charge in [0.25, 0.3) is 5.91 Å². The zero-order valence-electron chi connectivity index (χ0n) is 20.4. The van der Waals surface area contributed by atoms with Crippen molar-refractivity contribution >= 4 is 16.8 Å². The van der Waals surface area contributed by atoms with Gasteiger partial charge >= 0.3 is 0 Å². The Balaban J connectivity index is 1.51. The summed E-state index contributed by atoms with van der Waals surface area (Å²) in [5, 5.41) is 8.42. The molecule has 0 atom stereocenters. The molecule has 1 N–H and O–H groups in total. The van der Waals surface area contributed by atoms with E-state index in [0.29, 0.717) is 23.7 Å². The topological polar surface area (TPSA) is 73.0 Å². The van der Waals surface area contributed by atoms with Gasteiger partial charge in [0, 0.05) is 10.9 Å². The van der Waals surface area contributed by atoms with Crippen molar-refractivity contribution in [3.63, 3.8) is 0 Å². The van der Waals surface area contributed by atoms with Crippen molar-refractivity contribution in [3.8, 4) is 16.9 Å². The lowest BCUT2D eigenvalue weighted by Crippen LogP contribution is -2.23. The van der Waals surface area contributed by atoms with Gasteiger partial charge in [0.15, 0.2) is 0 Å². The van der Waals surface area contributed by atoms with E-state index in [2.05, 4.69) is 48.5 Å². The molecule has 176 valence electrons. The SMILES string of the molecule is Cc1ccc(CNC(=O)c2cc(-c3cnn(-c4ccc(C(C)C)cc4)c3C)nc3ccccc23)o1. The molecule has 0 unspecified atom stereocenters. The van der Waals surface area contributed by atoms with Gasteiger partial charge in [-0.3, -0.25) is 4.79 Å². The molecule has 0 spiro atoms. The van der Waals surface area contributed by atoms with E-state index >= 15 is 0 Å². The van der Waals surface area contributed by atoms with Crippen LogP contribution in [0.4, 0.5) is 0 Å². The number of rotatable bonds is 6. The first-order valence-corrected chi connectivity index (χ1v) is 11.8. The summed E-state index contributed by atoms with van der Waals surface area (Å²) < 4.78 is 7.51. The fraction of sp³-hybridized carbons (Fsp3) is 0.207. The van der Waals surface area contributed by atoms with E-state index in [1.807, 2.05) is 67.2 Å². The van der Waals surface area contributed by atoms with Crippen molar-refractivity contribution in [2.45, 2.75) is 40.2 Å². The van der Waals surface area contributed by atoms with Gasteiger partial charge in [0.1, 0.15) is 11.5 Å². The monoisotopic (exact) mass is 464 g/mol. The van der Waals surface area contributed by atoms with E-state index in [-0.39, 0.29) is 5.91 Å². The first-order valence-electron chi connectivity index (χ1n) is 11.8. The lowest BCUT2D eigenvalue weighted by molar-refractivity contribution is 0.0949. The third-order valence-corrected chi connectivity index (χ3v) is 6.27. The number of para-hydroxylation sites is 1. The lowest BCUT2D eigenvalue weighted by Gasteiger charge is -2.11. The van der Waals surface area contributed by atoms with Crippen LogP contribution in [0.25, 0.3) is 27.8 Å². The van der Waals surface area contributed by atoms with Gasteiger partial charge in [-0.1, -0.05) is 44.2 Å². The molecular formula is C29H28N4O2. The third-order valence-electron chi connectivity index (χ3n) is 6.27. The summed E-state index contributed by atoms with van der Waals surface area (Å²) in [5.74, 6) is 1.84. The van der Waals surface area contributed by atoms with Crippen LogP contribution in [0.3, 0.4) is 0 Å². The van der Waals surface area contributed by atoms with Gasteiger partial charge in [0.05, 0.1) is 40.9 Å². The van der Waals surface area contributed by atoms with E-state index in [0.717, 1.165) is 39.4 Å². The Morgan fingerprint density at radius 3 is 2.51 bits per heavy atom.